The third kappa shape index (κ3) is 6.10. The molecule has 2 heteroatoms. The number of hydrogen-bond acceptors (Lipinski definition) is 1. The van der Waals surface area contributed by atoms with E-state index in [1.54, 1.807) is 6.07 Å². The summed E-state index contributed by atoms with van der Waals surface area (Å²) in [5.74, 6) is 1.48. The number of aryl methyl sites for hydroxylation is 1. The van der Waals surface area contributed by atoms with Crippen LogP contribution >= 0.6 is 0 Å². The Labute approximate surface area is 140 Å². The summed E-state index contributed by atoms with van der Waals surface area (Å²) in [5.41, 5.74) is 1.80. The van der Waals surface area contributed by atoms with Crippen LogP contribution in [-0.4, -0.2) is 6.61 Å². The first-order valence-electron chi connectivity index (χ1n) is 9.20. The van der Waals surface area contributed by atoms with E-state index in [1.807, 2.05) is 6.07 Å². The van der Waals surface area contributed by atoms with Crippen molar-refractivity contribution in [2.75, 3.05) is 6.61 Å². The van der Waals surface area contributed by atoms with E-state index in [4.69, 9.17) is 4.74 Å². The maximum atomic E-state index is 14.1. The van der Waals surface area contributed by atoms with E-state index < -0.39 is 0 Å². The standard InChI is InChI=1S/C21H31FO/c1-3-5-17-6-8-18(9-7-17)10-11-19-12-13-20(21(22)15-19)16-23-14-4-2/h3,5,12-13,15,17-18H,4,6-11,14,16H2,1-2H3. The van der Waals surface area contributed by atoms with Crippen molar-refractivity contribution in [3.63, 3.8) is 0 Å². The number of hydrogen-bond donors (Lipinski definition) is 0. The molecule has 1 saturated carbocycles. The molecule has 23 heavy (non-hydrogen) atoms. The topological polar surface area (TPSA) is 9.23 Å². The number of rotatable bonds is 8. The smallest absolute Gasteiger partial charge is 0.128 e. The van der Waals surface area contributed by atoms with Gasteiger partial charge in [-0.1, -0.05) is 31.2 Å². The lowest BCUT2D eigenvalue weighted by Gasteiger charge is -2.26. The van der Waals surface area contributed by atoms with Crippen LogP contribution in [0.4, 0.5) is 4.39 Å². The molecule has 0 bridgehead atoms. The van der Waals surface area contributed by atoms with Crippen molar-refractivity contribution in [2.24, 2.45) is 11.8 Å². The molecule has 0 saturated heterocycles. The van der Waals surface area contributed by atoms with Crippen molar-refractivity contribution in [1.29, 1.82) is 0 Å². The minimum absolute atomic E-state index is 0.115. The highest BCUT2D eigenvalue weighted by Gasteiger charge is 2.19. The molecule has 0 radical (unpaired) electrons. The van der Waals surface area contributed by atoms with Gasteiger partial charge in [-0.2, -0.15) is 0 Å². The summed E-state index contributed by atoms with van der Waals surface area (Å²) in [5, 5.41) is 0. The van der Waals surface area contributed by atoms with Crippen LogP contribution in [0.15, 0.2) is 30.4 Å². The van der Waals surface area contributed by atoms with Gasteiger partial charge in [-0.05, 0) is 75.3 Å². The Morgan fingerprint density at radius 2 is 2.00 bits per heavy atom. The molecule has 0 aliphatic heterocycles. The molecular weight excluding hydrogens is 287 g/mol. The van der Waals surface area contributed by atoms with Gasteiger partial charge in [0, 0.05) is 12.2 Å². The molecule has 1 nitrogen and oxygen atoms in total. The van der Waals surface area contributed by atoms with E-state index in [-0.39, 0.29) is 5.82 Å². The monoisotopic (exact) mass is 318 g/mol. The molecule has 1 fully saturated rings. The van der Waals surface area contributed by atoms with Gasteiger partial charge >= 0.3 is 0 Å². The van der Waals surface area contributed by atoms with Gasteiger partial charge in [0.2, 0.25) is 0 Å². The minimum Gasteiger partial charge on any atom is -0.377 e. The molecule has 0 spiro atoms. The van der Waals surface area contributed by atoms with Gasteiger partial charge in [0.1, 0.15) is 5.82 Å². The van der Waals surface area contributed by atoms with E-state index >= 15 is 0 Å². The highest BCUT2D eigenvalue weighted by atomic mass is 19.1. The van der Waals surface area contributed by atoms with Crippen LogP contribution in [0, 0.1) is 17.7 Å². The largest absolute Gasteiger partial charge is 0.377 e. The van der Waals surface area contributed by atoms with Crippen LogP contribution in [0.2, 0.25) is 0 Å². The molecule has 0 aromatic heterocycles. The second-order valence-electron chi connectivity index (χ2n) is 6.82. The first-order chi connectivity index (χ1) is 11.2. The molecule has 0 heterocycles. The first-order valence-corrected chi connectivity index (χ1v) is 9.20. The second-order valence-corrected chi connectivity index (χ2v) is 6.82. The lowest BCUT2D eigenvalue weighted by Crippen LogP contribution is -2.13. The number of allylic oxidation sites excluding steroid dienone is 2. The summed E-state index contributed by atoms with van der Waals surface area (Å²) in [6, 6.07) is 5.67. The zero-order chi connectivity index (χ0) is 16.5. The SMILES string of the molecule is CC=CC1CCC(CCc2ccc(COCCC)c(F)c2)CC1. The van der Waals surface area contributed by atoms with Crippen molar-refractivity contribution >= 4 is 0 Å². The zero-order valence-electron chi connectivity index (χ0n) is 14.7. The number of benzene rings is 1. The summed E-state index contributed by atoms with van der Waals surface area (Å²) in [4.78, 5) is 0. The fourth-order valence-electron chi connectivity index (χ4n) is 3.50. The third-order valence-corrected chi connectivity index (χ3v) is 4.92. The van der Waals surface area contributed by atoms with Gasteiger partial charge in [-0.25, -0.2) is 4.39 Å². The van der Waals surface area contributed by atoms with Crippen LogP contribution in [-0.2, 0) is 17.8 Å². The molecule has 0 N–H and O–H groups in total. The van der Waals surface area contributed by atoms with E-state index in [1.165, 1.54) is 32.1 Å². The summed E-state index contributed by atoms with van der Waals surface area (Å²) in [6.07, 6.45) is 13.0. The highest BCUT2D eigenvalue weighted by molar-refractivity contribution is 5.24. The molecule has 1 aromatic rings. The Morgan fingerprint density at radius 3 is 2.65 bits per heavy atom. The second kappa shape index (κ2) is 9.87. The molecule has 1 aromatic carbocycles. The normalized spacial score (nSPS) is 21.9. The summed E-state index contributed by atoms with van der Waals surface area (Å²) >= 11 is 0. The average molecular weight is 318 g/mol. The van der Waals surface area contributed by atoms with E-state index in [9.17, 15) is 4.39 Å². The molecule has 2 rings (SSSR count). The van der Waals surface area contributed by atoms with E-state index in [0.29, 0.717) is 18.8 Å². The minimum atomic E-state index is -0.115. The summed E-state index contributed by atoms with van der Waals surface area (Å²) in [7, 11) is 0. The van der Waals surface area contributed by atoms with Gasteiger partial charge in [-0.15, -0.1) is 0 Å². The fourth-order valence-corrected chi connectivity index (χ4v) is 3.50. The van der Waals surface area contributed by atoms with Crippen molar-refractivity contribution in [2.45, 2.75) is 65.4 Å². The van der Waals surface area contributed by atoms with Crippen molar-refractivity contribution in [3.8, 4) is 0 Å². The van der Waals surface area contributed by atoms with Gasteiger partial charge in [0.05, 0.1) is 6.61 Å². The fraction of sp³-hybridized carbons (Fsp3) is 0.619. The predicted octanol–water partition coefficient (Wildman–Crippen LogP) is 6.07. The van der Waals surface area contributed by atoms with Crippen molar-refractivity contribution in [1.82, 2.24) is 0 Å². The molecule has 0 unspecified atom stereocenters. The lowest BCUT2D eigenvalue weighted by atomic mass is 9.79. The maximum Gasteiger partial charge on any atom is 0.128 e. The Bertz CT molecular complexity index is 487. The molecule has 1 aliphatic rings. The lowest BCUT2D eigenvalue weighted by molar-refractivity contribution is 0.119. The van der Waals surface area contributed by atoms with Crippen LogP contribution in [0.25, 0.3) is 0 Å². The third-order valence-electron chi connectivity index (χ3n) is 4.92. The summed E-state index contributed by atoms with van der Waals surface area (Å²) in [6.45, 7) is 5.25. The van der Waals surface area contributed by atoms with Crippen LogP contribution in [0.1, 0.15) is 63.5 Å². The predicted molar refractivity (Wildman–Crippen MR) is 94.9 cm³/mol. The Hall–Kier alpha value is -1.15. The van der Waals surface area contributed by atoms with Gasteiger partial charge in [0.25, 0.3) is 0 Å². The molecule has 1 aliphatic carbocycles. The Balaban J connectivity index is 1.77. The Morgan fingerprint density at radius 1 is 1.22 bits per heavy atom. The van der Waals surface area contributed by atoms with Gasteiger partial charge in [-0.3, -0.25) is 0 Å². The number of ether oxygens (including phenoxy) is 1. The van der Waals surface area contributed by atoms with Gasteiger partial charge in [0.15, 0.2) is 0 Å². The molecular formula is C21H31FO. The number of halogens is 1. The first kappa shape index (κ1) is 18.2. The van der Waals surface area contributed by atoms with E-state index in [2.05, 4.69) is 32.1 Å². The van der Waals surface area contributed by atoms with Gasteiger partial charge < -0.3 is 4.74 Å². The molecule has 0 atom stereocenters. The van der Waals surface area contributed by atoms with Crippen molar-refractivity contribution in [3.05, 3.63) is 47.3 Å². The molecule has 0 amide bonds. The van der Waals surface area contributed by atoms with Crippen LogP contribution < -0.4 is 0 Å². The highest BCUT2D eigenvalue weighted by Crippen LogP contribution is 2.32. The van der Waals surface area contributed by atoms with Crippen LogP contribution in [0.3, 0.4) is 0 Å². The molecule has 128 valence electrons. The zero-order valence-corrected chi connectivity index (χ0v) is 14.7. The quantitative estimate of drug-likeness (QED) is 0.417. The van der Waals surface area contributed by atoms with E-state index in [0.717, 1.165) is 30.2 Å². The van der Waals surface area contributed by atoms with Crippen molar-refractivity contribution < 1.29 is 9.13 Å². The maximum absolute atomic E-state index is 14.1. The Kier molecular flexibility index (Phi) is 7.81. The summed E-state index contributed by atoms with van der Waals surface area (Å²) < 4.78 is 19.5. The van der Waals surface area contributed by atoms with Crippen LogP contribution in [0.5, 0.6) is 0 Å². The average Bonchev–Trinajstić information content (AvgIpc) is 2.56.